The van der Waals surface area contributed by atoms with Crippen LogP contribution in [0.4, 0.5) is 5.95 Å². The summed E-state index contributed by atoms with van der Waals surface area (Å²) in [4.78, 5) is 4.44. The van der Waals surface area contributed by atoms with E-state index >= 15 is 0 Å². The number of para-hydroxylation sites is 1. The van der Waals surface area contributed by atoms with E-state index in [0.29, 0.717) is 16.7 Å². The molecule has 1 N–H and O–H groups in total. The van der Waals surface area contributed by atoms with Gasteiger partial charge in [0.1, 0.15) is 0 Å². The third-order valence-electron chi connectivity index (χ3n) is 5.46. The second kappa shape index (κ2) is 4.37. The van der Waals surface area contributed by atoms with Crippen molar-refractivity contribution in [2.75, 3.05) is 11.9 Å². The molecule has 0 radical (unpaired) electrons. The lowest BCUT2D eigenvalue weighted by molar-refractivity contribution is 0.457. The number of hydrogen-bond donors (Lipinski definition) is 1. The zero-order chi connectivity index (χ0) is 14.4. The van der Waals surface area contributed by atoms with Gasteiger partial charge < -0.3 is 5.32 Å². The van der Waals surface area contributed by atoms with Crippen molar-refractivity contribution in [1.82, 2.24) is 9.55 Å². The van der Waals surface area contributed by atoms with Gasteiger partial charge in [0.2, 0.25) is 5.95 Å². The van der Waals surface area contributed by atoms with E-state index in [1.165, 1.54) is 0 Å². The van der Waals surface area contributed by atoms with E-state index in [1.807, 2.05) is 30.6 Å². The highest BCUT2D eigenvalue weighted by Gasteiger charge is 2.64. The molecular formula is C17H23N3. The Kier molecular flexibility index (Phi) is 2.89. The summed E-state index contributed by atoms with van der Waals surface area (Å²) in [6.45, 7) is 10.4. The van der Waals surface area contributed by atoms with Gasteiger partial charge in [0.05, 0.1) is 0 Å². The topological polar surface area (TPSA) is 29.9 Å². The van der Waals surface area contributed by atoms with Gasteiger partial charge in [-0.3, -0.25) is 4.57 Å². The number of rotatable bonds is 4. The van der Waals surface area contributed by atoms with E-state index in [2.05, 4.69) is 54.7 Å². The number of aromatic nitrogens is 2. The molecule has 1 saturated carbocycles. The molecule has 1 fully saturated rings. The Hall–Kier alpha value is -1.77. The van der Waals surface area contributed by atoms with Crippen LogP contribution < -0.4 is 5.32 Å². The molecule has 0 amide bonds. The molecule has 106 valence electrons. The van der Waals surface area contributed by atoms with Gasteiger partial charge in [-0.1, -0.05) is 45.9 Å². The minimum atomic E-state index is 0.407. The molecule has 1 heterocycles. The van der Waals surface area contributed by atoms with E-state index in [4.69, 9.17) is 0 Å². The maximum absolute atomic E-state index is 4.44. The Bertz CT molecular complexity index is 582. The van der Waals surface area contributed by atoms with Gasteiger partial charge >= 0.3 is 0 Å². The first kappa shape index (κ1) is 13.2. The van der Waals surface area contributed by atoms with Gasteiger partial charge in [-0.05, 0) is 28.9 Å². The highest BCUT2D eigenvalue weighted by Crippen LogP contribution is 2.68. The molecule has 3 rings (SSSR count). The van der Waals surface area contributed by atoms with Crippen molar-refractivity contribution in [3.05, 3.63) is 42.7 Å². The van der Waals surface area contributed by atoms with Crippen molar-refractivity contribution < 1.29 is 0 Å². The molecule has 0 bridgehead atoms. The smallest absolute Gasteiger partial charge is 0.207 e. The second-order valence-corrected chi connectivity index (χ2v) is 6.83. The summed E-state index contributed by atoms with van der Waals surface area (Å²) >= 11 is 0. The molecule has 0 aliphatic heterocycles. The molecule has 0 saturated heterocycles. The number of anilines is 1. The Balaban J connectivity index is 1.73. The fourth-order valence-electron chi connectivity index (χ4n) is 3.27. The highest BCUT2D eigenvalue weighted by atomic mass is 15.2. The van der Waals surface area contributed by atoms with E-state index < -0.39 is 0 Å². The molecular weight excluding hydrogens is 246 g/mol. The first-order chi connectivity index (χ1) is 9.44. The molecule has 1 aromatic carbocycles. The largest absolute Gasteiger partial charge is 0.355 e. The average molecular weight is 269 g/mol. The van der Waals surface area contributed by atoms with Crippen LogP contribution in [0.1, 0.15) is 27.7 Å². The van der Waals surface area contributed by atoms with Crippen molar-refractivity contribution in [2.45, 2.75) is 27.7 Å². The van der Waals surface area contributed by atoms with E-state index in [0.717, 1.165) is 18.2 Å². The van der Waals surface area contributed by atoms with Crippen molar-refractivity contribution in [3.63, 3.8) is 0 Å². The number of nitrogens with one attached hydrogen (secondary N) is 1. The number of imidazole rings is 1. The van der Waals surface area contributed by atoms with Crippen LogP contribution in [0.5, 0.6) is 0 Å². The molecule has 20 heavy (non-hydrogen) atoms. The van der Waals surface area contributed by atoms with Gasteiger partial charge in [0, 0.05) is 24.6 Å². The summed E-state index contributed by atoms with van der Waals surface area (Å²) in [6, 6.07) is 10.3. The Morgan fingerprint density at radius 2 is 1.75 bits per heavy atom. The molecule has 1 aliphatic carbocycles. The van der Waals surface area contributed by atoms with Crippen molar-refractivity contribution in [3.8, 4) is 5.69 Å². The SMILES string of the molecule is CC1(C)C(CNc2nccn2-c2ccccc2)C1(C)C. The van der Waals surface area contributed by atoms with Crippen LogP contribution >= 0.6 is 0 Å². The number of nitrogens with zero attached hydrogens (tertiary/aromatic N) is 2. The lowest BCUT2D eigenvalue weighted by Gasteiger charge is -2.10. The minimum absolute atomic E-state index is 0.407. The van der Waals surface area contributed by atoms with Gasteiger partial charge in [0.15, 0.2) is 0 Å². The fraction of sp³-hybridized carbons (Fsp3) is 0.471. The molecule has 3 nitrogen and oxygen atoms in total. The number of benzene rings is 1. The van der Waals surface area contributed by atoms with Crippen molar-refractivity contribution in [1.29, 1.82) is 0 Å². The fourth-order valence-corrected chi connectivity index (χ4v) is 3.27. The van der Waals surface area contributed by atoms with Crippen molar-refractivity contribution in [2.24, 2.45) is 16.7 Å². The Morgan fingerprint density at radius 3 is 2.35 bits per heavy atom. The van der Waals surface area contributed by atoms with Gasteiger partial charge in [0.25, 0.3) is 0 Å². The minimum Gasteiger partial charge on any atom is -0.355 e. The molecule has 1 aromatic heterocycles. The monoisotopic (exact) mass is 269 g/mol. The van der Waals surface area contributed by atoms with Gasteiger partial charge in [-0.25, -0.2) is 4.98 Å². The van der Waals surface area contributed by atoms with Crippen LogP contribution in [0.2, 0.25) is 0 Å². The van der Waals surface area contributed by atoms with E-state index in [1.54, 1.807) is 0 Å². The van der Waals surface area contributed by atoms with Crippen LogP contribution in [-0.2, 0) is 0 Å². The molecule has 0 unspecified atom stereocenters. The first-order valence-electron chi connectivity index (χ1n) is 7.27. The third-order valence-corrected chi connectivity index (χ3v) is 5.46. The van der Waals surface area contributed by atoms with E-state index in [9.17, 15) is 0 Å². The molecule has 3 heteroatoms. The molecule has 0 atom stereocenters. The zero-order valence-corrected chi connectivity index (χ0v) is 12.7. The van der Waals surface area contributed by atoms with E-state index in [-0.39, 0.29) is 0 Å². The third kappa shape index (κ3) is 1.92. The summed E-state index contributed by atoms with van der Waals surface area (Å²) in [6.07, 6.45) is 3.85. The predicted molar refractivity (Wildman–Crippen MR) is 83.1 cm³/mol. The summed E-state index contributed by atoms with van der Waals surface area (Å²) in [5, 5.41) is 3.52. The first-order valence-corrected chi connectivity index (χ1v) is 7.27. The van der Waals surface area contributed by atoms with Gasteiger partial charge in [-0.2, -0.15) is 0 Å². The summed E-state index contributed by atoms with van der Waals surface area (Å²) in [7, 11) is 0. The normalized spacial score (nSPS) is 19.8. The van der Waals surface area contributed by atoms with Crippen LogP contribution in [-0.4, -0.2) is 16.1 Å². The zero-order valence-electron chi connectivity index (χ0n) is 12.7. The lowest BCUT2D eigenvalue weighted by atomic mass is 10.0. The standard InChI is InChI=1S/C17H23N3/c1-16(2)14(17(16,3)4)12-19-15-18-10-11-20(15)13-8-6-5-7-9-13/h5-11,14H,12H2,1-4H3,(H,18,19). The van der Waals surface area contributed by atoms with Crippen LogP contribution in [0.15, 0.2) is 42.7 Å². The predicted octanol–water partition coefficient (Wildman–Crippen LogP) is 3.97. The maximum atomic E-state index is 4.44. The maximum Gasteiger partial charge on any atom is 0.207 e. The lowest BCUT2D eigenvalue weighted by Crippen LogP contribution is -2.12. The highest BCUT2D eigenvalue weighted by molar-refractivity contribution is 5.41. The Morgan fingerprint density at radius 1 is 1.10 bits per heavy atom. The van der Waals surface area contributed by atoms with Crippen LogP contribution in [0.3, 0.4) is 0 Å². The van der Waals surface area contributed by atoms with Gasteiger partial charge in [-0.15, -0.1) is 0 Å². The molecule has 2 aromatic rings. The molecule has 0 spiro atoms. The molecule has 1 aliphatic rings. The average Bonchev–Trinajstić information content (AvgIpc) is 2.76. The Labute approximate surface area is 121 Å². The summed E-state index contributed by atoms with van der Waals surface area (Å²) in [5.41, 5.74) is 1.95. The summed E-state index contributed by atoms with van der Waals surface area (Å²) in [5.74, 6) is 1.62. The number of hydrogen-bond acceptors (Lipinski definition) is 2. The van der Waals surface area contributed by atoms with Crippen LogP contribution in [0, 0.1) is 16.7 Å². The van der Waals surface area contributed by atoms with Crippen molar-refractivity contribution >= 4 is 5.95 Å². The van der Waals surface area contributed by atoms with Crippen LogP contribution in [0.25, 0.3) is 5.69 Å². The second-order valence-electron chi connectivity index (χ2n) is 6.83. The quantitative estimate of drug-likeness (QED) is 0.910. The summed E-state index contributed by atoms with van der Waals surface area (Å²) < 4.78 is 2.10.